The second kappa shape index (κ2) is 3.49. The summed E-state index contributed by atoms with van der Waals surface area (Å²) in [6.07, 6.45) is 0. The van der Waals surface area contributed by atoms with E-state index in [2.05, 4.69) is 15.5 Å². The Labute approximate surface area is 71.3 Å². The van der Waals surface area contributed by atoms with Gasteiger partial charge in [-0.3, -0.25) is 0 Å². The predicted molar refractivity (Wildman–Crippen MR) is 26.4 cm³/mol. The first-order valence-electron chi connectivity index (χ1n) is 1.70. The average Bonchev–Trinajstić information content (AvgIpc) is 2.12. The summed E-state index contributed by atoms with van der Waals surface area (Å²) in [7, 11) is 0. The van der Waals surface area contributed by atoms with Gasteiger partial charge in [0.2, 0.25) is 0 Å². The molecule has 0 aliphatic heterocycles. The summed E-state index contributed by atoms with van der Waals surface area (Å²) in [4.78, 5) is 9.35. The Morgan fingerprint density at radius 2 is 2.33 bits per heavy atom. The first-order chi connectivity index (χ1) is 3.80. The minimum atomic E-state index is -0.458. The summed E-state index contributed by atoms with van der Waals surface area (Å²) in [5.74, 6) is -0.329. The molecule has 0 spiro atoms. The molecule has 0 atom stereocenters. The average molecular weight is 140 g/mol. The monoisotopic (exact) mass is 140 g/mol. The SMILES string of the molecule is O=[N+](O)c1nnn[nH]1.[NaH]. The summed E-state index contributed by atoms with van der Waals surface area (Å²) in [6.45, 7) is 0. The molecular weight excluding hydrogens is 137 g/mol. The number of nitrogens with one attached hydrogen (secondary N) is 1. The summed E-state index contributed by atoms with van der Waals surface area (Å²) in [5.41, 5.74) is 0. The number of hydrogen-bond donors (Lipinski definition) is 2. The summed E-state index contributed by atoms with van der Waals surface area (Å²) >= 11 is 0. The van der Waals surface area contributed by atoms with Gasteiger partial charge in [0, 0.05) is 5.21 Å². The maximum absolute atomic E-state index is 9.80. The van der Waals surface area contributed by atoms with Crippen molar-refractivity contribution in [2.24, 2.45) is 0 Å². The number of H-pyrrole nitrogens is 1. The zero-order valence-electron chi connectivity index (χ0n) is 3.64. The number of aromatic nitrogens is 4. The van der Waals surface area contributed by atoms with Crippen LogP contribution in [0, 0.1) is 4.91 Å². The van der Waals surface area contributed by atoms with Crippen molar-refractivity contribution in [3.8, 4) is 0 Å². The van der Waals surface area contributed by atoms with Crippen LogP contribution in [-0.2, 0) is 0 Å². The van der Waals surface area contributed by atoms with E-state index in [1.54, 1.807) is 0 Å². The van der Waals surface area contributed by atoms with Crippen LogP contribution in [0.15, 0.2) is 0 Å². The molecule has 1 aromatic heterocycles. The van der Waals surface area contributed by atoms with Crippen LogP contribution in [0.25, 0.3) is 0 Å². The molecule has 0 aromatic carbocycles. The summed E-state index contributed by atoms with van der Waals surface area (Å²) < 4.78 is 0. The van der Waals surface area contributed by atoms with Crippen LogP contribution in [-0.4, -0.2) is 60.3 Å². The first kappa shape index (κ1) is 8.47. The van der Waals surface area contributed by atoms with Crippen LogP contribution < -0.4 is 0 Å². The number of nitrogens with zero attached hydrogens (tertiary/aromatic N) is 4. The minimum absolute atomic E-state index is 0. The number of rotatable bonds is 1. The predicted octanol–water partition coefficient (Wildman–Crippen LogP) is -1.65. The van der Waals surface area contributed by atoms with Crippen molar-refractivity contribution >= 4 is 35.5 Å². The fraction of sp³-hybridized carbons (Fsp3) is 0. The Hall–Kier alpha value is -0.530. The van der Waals surface area contributed by atoms with Gasteiger partial charge >= 0.3 is 35.5 Å². The van der Waals surface area contributed by atoms with Gasteiger partial charge in [0.1, 0.15) is 0 Å². The fourth-order valence-corrected chi connectivity index (χ4v) is 0.235. The number of tetrazole rings is 1. The molecule has 0 unspecified atom stereocenters. The molecule has 0 saturated carbocycles. The van der Waals surface area contributed by atoms with E-state index in [-0.39, 0.29) is 35.5 Å². The van der Waals surface area contributed by atoms with Crippen molar-refractivity contribution in [1.29, 1.82) is 0 Å². The molecular formula is CH3N5NaO2+. The van der Waals surface area contributed by atoms with Gasteiger partial charge in [0.15, 0.2) is 4.92 Å². The van der Waals surface area contributed by atoms with Crippen molar-refractivity contribution in [3.05, 3.63) is 4.91 Å². The van der Waals surface area contributed by atoms with Crippen LogP contribution in [0.5, 0.6) is 0 Å². The quantitative estimate of drug-likeness (QED) is 0.360. The Morgan fingerprint density at radius 3 is 2.56 bits per heavy atom. The molecule has 0 bridgehead atoms. The van der Waals surface area contributed by atoms with Crippen molar-refractivity contribution in [2.45, 2.75) is 0 Å². The zero-order chi connectivity index (χ0) is 5.98. The third-order valence-electron chi connectivity index (χ3n) is 0.515. The molecule has 1 heterocycles. The molecule has 0 aliphatic carbocycles. The Morgan fingerprint density at radius 1 is 1.67 bits per heavy atom. The van der Waals surface area contributed by atoms with Crippen LogP contribution in [0.3, 0.4) is 0 Å². The summed E-state index contributed by atoms with van der Waals surface area (Å²) in [6, 6.07) is 0. The molecule has 2 N–H and O–H groups in total. The standard InChI is InChI=1S/CH2N5O2.Na.H/c7-6(8)1-2-4-5-3-1;;/h(H,7,8)(H,2,3,4,5);;/q+1;;. The van der Waals surface area contributed by atoms with Gasteiger partial charge in [-0.25, -0.2) is 0 Å². The molecule has 1 rings (SSSR count). The van der Waals surface area contributed by atoms with Crippen LogP contribution in [0.1, 0.15) is 0 Å². The van der Waals surface area contributed by atoms with E-state index in [9.17, 15) is 4.91 Å². The van der Waals surface area contributed by atoms with E-state index in [0.717, 1.165) is 0 Å². The van der Waals surface area contributed by atoms with Crippen LogP contribution in [0.2, 0.25) is 0 Å². The molecule has 0 radical (unpaired) electrons. The molecule has 7 nitrogen and oxygen atoms in total. The number of hydrogen-bond acceptors (Lipinski definition) is 4. The fourth-order valence-electron chi connectivity index (χ4n) is 0.235. The molecule has 0 saturated heterocycles. The van der Waals surface area contributed by atoms with Crippen LogP contribution in [0.4, 0.5) is 5.95 Å². The molecule has 0 fully saturated rings. The topological polar surface area (TPSA) is 94.8 Å². The third-order valence-corrected chi connectivity index (χ3v) is 0.515. The second-order valence-corrected chi connectivity index (χ2v) is 0.998. The van der Waals surface area contributed by atoms with Gasteiger partial charge < -0.3 is 5.21 Å². The van der Waals surface area contributed by atoms with Crippen molar-refractivity contribution in [3.63, 3.8) is 0 Å². The Balaban J connectivity index is 0.000000640. The normalized spacial score (nSPS) is 8.00. The summed E-state index contributed by atoms with van der Waals surface area (Å²) in [5, 5.41) is 19.1. The molecule has 44 valence electrons. The van der Waals surface area contributed by atoms with E-state index < -0.39 is 4.92 Å². The van der Waals surface area contributed by atoms with E-state index in [4.69, 9.17) is 5.21 Å². The van der Waals surface area contributed by atoms with E-state index in [1.807, 2.05) is 5.10 Å². The first-order valence-corrected chi connectivity index (χ1v) is 1.70. The van der Waals surface area contributed by atoms with Gasteiger partial charge in [0.05, 0.1) is 10.3 Å². The van der Waals surface area contributed by atoms with E-state index >= 15 is 0 Å². The Bertz CT molecular complexity index is 183. The van der Waals surface area contributed by atoms with E-state index in [1.165, 1.54) is 0 Å². The van der Waals surface area contributed by atoms with Crippen LogP contribution >= 0.6 is 0 Å². The van der Waals surface area contributed by atoms with Crippen molar-refractivity contribution in [1.82, 2.24) is 20.6 Å². The molecule has 8 heteroatoms. The van der Waals surface area contributed by atoms with Crippen molar-refractivity contribution in [2.75, 3.05) is 0 Å². The zero-order valence-corrected chi connectivity index (χ0v) is 3.64. The van der Waals surface area contributed by atoms with Crippen molar-refractivity contribution < 1.29 is 10.1 Å². The Kier molecular flexibility index (Phi) is 3.28. The second-order valence-electron chi connectivity index (χ2n) is 0.998. The molecule has 0 amide bonds. The van der Waals surface area contributed by atoms with Gasteiger partial charge in [-0.2, -0.15) is 0 Å². The maximum atomic E-state index is 9.80. The van der Waals surface area contributed by atoms with Gasteiger partial charge in [0.25, 0.3) is 0 Å². The van der Waals surface area contributed by atoms with Gasteiger partial charge in [-0.15, -0.1) is 5.10 Å². The molecule has 9 heavy (non-hydrogen) atoms. The van der Waals surface area contributed by atoms with Gasteiger partial charge in [-0.1, -0.05) is 4.91 Å². The molecule has 1 aromatic rings. The third kappa shape index (κ3) is 2.04. The number of aromatic amines is 1. The van der Waals surface area contributed by atoms with E-state index in [0.29, 0.717) is 0 Å². The van der Waals surface area contributed by atoms with Gasteiger partial charge in [-0.05, 0) is 0 Å². The molecule has 0 aliphatic rings.